The maximum absolute atomic E-state index is 12.3. The molecule has 1 unspecified atom stereocenters. The van der Waals surface area contributed by atoms with Crippen LogP contribution in [-0.4, -0.2) is 24.0 Å². The van der Waals surface area contributed by atoms with Crippen molar-refractivity contribution >= 4 is 16.8 Å². The summed E-state index contributed by atoms with van der Waals surface area (Å²) in [5, 5.41) is 3.89. The molecule has 0 fully saturated rings. The molecule has 1 aromatic heterocycles. The average Bonchev–Trinajstić information content (AvgIpc) is 2.50. The maximum Gasteiger partial charge on any atom is 0.251 e. The van der Waals surface area contributed by atoms with Crippen molar-refractivity contribution in [1.82, 2.24) is 10.3 Å². The normalized spacial score (nSPS) is 12.3. The van der Waals surface area contributed by atoms with E-state index in [1.807, 2.05) is 30.3 Å². The molecule has 0 saturated carbocycles. The van der Waals surface area contributed by atoms with Crippen LogP contribution >= 0.6 is 0 Å². The molecule has 1 atom stereocenters. The number of carbonyl (C=O) groups is 1. The standard InChI is InChI=1S/C16H21N3O/c1-2-12(8-9-17)11-19-16(20)14-5-3-7-15-13(14)6-4-10-18-15/h3-7,10,12H,2,8-9,11,17H2,1H3,(H,19,20). The van der Waals surface area contributed by atoms with Crippen LogP contribution in [0, 0.1) is 5.92 Å². The minimum Gasteiger partial charge on any atom is -0.352 e. The highest BCUT2D eigenvalue weighted by molar-refractivity contribution is 6.06. The summed E-state index contributed by atoms with van der Waals surface area (Å²) in [5.41, 5.74) is 7.10. The first kappa shape index (κ1) is 14.5. The smallest absolute Gasteiger partial charge is 0.251 e. The van der Waals surface area contributed by atoms with Gasteiger partial charge in [0.15, 0.2) is 0 Å². The topological polar surface area (TPSA) is 68.0 Å². The van der Waals surface area contributed by atoms with E-state index < -0.39 is 0 Å². The molecule has 0 spiro atoms. The van der Waals surface area contributed by atoms with Crippen LogP contribution in [0.3, 0.4) is 0 Å². The average molecular weight is 271 g/mol. The van der Waals surface area contributed by atoms with Crippen LogP contribution in [0.1, 0.15) is 30.1 Å². The van der Waals surface area contributed by atoms with Gasteiger partial charge in [0.2, 0.25) is 0 Å². The quantitative estimate of drug-likeness (QED) is 0.847. The number of carbonyl (C=O) groups excluding carboxylic acids is 1. The Balaban J connectivity index is 2.11. The third kappa shape index (κ3) is 3.33. The highest BCUT2D eigenvalue weighted by Crippen LogP contribution is 2.16. The lowest BCUT2D eigenvalue weighted by molar-refractivity contribution is 0.0948. The molecular weight excluding hydrogens is 250 g/mol. The predicted octanol–water partition coefficient (Wildman–Crippen LogP) is 2.34. The van der Waals surface area contributed by atoms with Crippen molar-refractivity contribution in [2.24, 2.45) is 11.7 Å². The minimum absolute atomic E-state index is 0.0425. The van der Waals surface area contributed by atoms with Crippen LogP contribution in [0.15, 0.2) is 36.5 Å². The number of pyridine rings is 1. The fourth-order valence-corrected chi connectivity index (χ4v) is 2.32. The van der Waals surface area contributed by atoms with Crippen molar-refractivity contribution in [3.63, 3.8) is 0 Å². The van der Waals surface area contributed by atoms with Crippen LogP contribution in [-0.2, 0) is 0 Å². The van der Waals surface area contributed by atoms with E-state index in [0.29, 0.717) is 24.6 Å². The molecule has 0 aliphatic rings. The van der Waals surface area contributed by atoms with Crippen LogP contribution in [0.4, 0.5) is 0 Å². The summed E-state index contributed by atoms with van der Waals surface area (Å²) >= 11 is 0. The summed E-state index contributed by atoms with van der Waals surface area (Å²) in [6, 6.07) is 9.39. The summed E-state index contributed by atoms with van der Waals surface area (Å²) in [5.74, 6) is 0.399. The number of nitrogens with two attached hydrogens (primary N) is 1. The van der Waals surface area contributed by atoms with E-state index >= 15 is 0 Å². The molecule has 20 heavy (non-hydrogen) atoms. The molecule has 106 valence electrons. The maximum atomic E-state index is 12.3. The van der Waals surface area contributed by atoms with Gasteiger partial charge in [0.1, 0.15) is 0 Å². The molecule has 1 aromatic carbocycles. The van der Waals surface area contributed by atoms with Crippen LogP contribution in [0.2, 0.25) is 0 Å². The molecule has 0 aliphatic carbocycles. The number of hydrogen-bond acceptors (Lipinski definition) is 3. The molecule has 0 radical (unpaired) electrons. The van der Waals surface area contributed by atoms with Crippen LogP contribution in [0.5, 0.6) is 0 Å². The molecule has 0 aliphatic heterocycles. The molecule has 4 nitrogen and oxygen atoms in total. The SMILES string of the molecule is CCC(CCN)CNC(=O)c1cccc2ncccc12. The molecule has 4 heteroatoms. The first-order chi connectivity index (χ1) is 9.76. The van der Waals surface area contributed by atoms with Gasteiger partial charge in [0.25, 0.3) is 5.91 Å². The van der Waals surface area contributed by atoms with Crippen molar-refractivity contribution in [2.75, 3.05) is 13.1 Å². The van der Waals surface area contributed by atoms with Crippen molar-refractivity contribution in [1.29, 1.82) is 0 Å². The van der Waals surface area contributed by atoms with Gasteiger partial charge in [-0.05, 0) is 37.1 Å². The molecule has 1 amide bonds. The molecule has 1 heterocycles. The van der Waals surface area contributed by atoms with Gasteiger partial charge >= 0.3 is 0 Å². The van der Waals surface area contributed by atoms with Crippen molar-refractivity contribution in [3.8, 4) is 0 Å². The Morgan fingerprint density at radius 2 is 2.20 bits per heavy atom. The van der Waals surface area contributed by atoms with Gasteiger partial charge in [-0.3, -0.25) is 9.78 Å². The Kier molecular flexibility index (Phi) is 5.07. The lowest BCUT2D eigenvalue weighted by atomic mass is 10.0. The van der Waals surface area contributed by atoms with Crippen molar-refractivity contribution in [2.45, 2.75) is 19.8 Å². The van der Waals surface area contributed by atoms with Gasteiger partial charge in [-0.2, -0.15) is 0 Å². The summed E-state index contributed by atoms with van der Waals surface area (Å²) in [4.78, 5) is 16.6. The summed E-state index contributed by atoms with van der Waals surface area (Å²) < 4.78 is 0. The fraction of sp³-hybridized carbons (Fsp3) is 0.375. The zero-order valence-corrected chi connectivity index (χ0v) is 11.8. The second kappa shape index (κ2) is 7.01. The molecule has 2 aromatic rings. The molecule has 0 saturated heterocycles. The highest BCUT2D eigenvalue weighted by Gasteiger charge is 2.12. The van der Waals surface area contributed by atoms with Crippen molar-refractivity contribution in [3.05, 3.63) is 42.1 Å². The number of nitrogens with zero attached hydrogens (tertiary/aromatic N) is 1. The first-order valence-electron chi connectivity index (χ1n) is 7.08. The van der Waals surface area contributed by atoms with Gasteiger partial charge < -0.3 is 11.1 Å². The van der Waals surface area contributed by atoms with Gasteiger partial charge in [-0.15, -0.1) is 0 Å². The van der Waals surface area contributed by atoms with Gasteiger partial charge in [-0.1, -0.05) is 25.5 Å². The zero-order chi connectivity index (χ0) is 14.4. The fourth-order valence-electron chi connectivity index (χ4n) is 2.32. The summed E-state index contributed by atoms with van der Waals surface area (Å²) in [7, 11) is 0. The van der Waals surface area contributed by atoms with E-state index in [1.54, 1.807) is 6.20 Å². The van der Waals surface area contributed by atoms with Gasteiger partial charge in [-0.25, -0.2) is 0 Å². The van der Waals surface area contributed by atoms with E-state index in [1.165, 1.54) is 0 Å². The lowest BCUT2D eigenvalue weighted by Gasteiger charge is -2.15. The first-order valence-corrected chi connectivity index (χ1v) is 7.08. The van der Waals surface area contributed by atoms with E-state index in [9.17, 15) is 4.79 Å². The molecule has 2 rings (SSSR count). The Labute approximate surface area is 119 Å². The zero-order valence-electron chi connectivity index (χ0n) is 11.8. The Morgan fingerprint density at radius 3 is 2.95 bits per heavy atom. The third-order valence-corrected chi connectivity index (χ3v) is 3.59. The minimum atomic E-state index is -0.0425. The number of amides is 1. The summed E-state index contributed by atoms with van der Waals surface area (Å²) in [6.45, 7) is 3.45. The van der Waals surface area contributed by atoms with Crippen LogP contribution in [0.25, 0.3) is 10.9 Å². The predicted molar refractivity (Wildman–Crippen MR) is 81.5 cm³/mol. The molecule has 0 bridgehead atoms. The third-order valence-electron chi connectivity index (χ3n) is 3.59. The van der Waals surface area contributed by atoms with E-state index in [2.05, 4.69) is 17.2 Å². The van der Waals surface area contributed by atoms with Gasteiger partial charge in [0, 0.05) is 23.7 Å². The number of rotatable bonds is 6. The monoisotopic (exact) mass is 271 g/mol. The van der Waals surface area contributed by atoms with E-state index in [4.69, 9.17) is 5.73 Å². The van der Waals surface area contributed by atoms with E-state index in [0.717, 1.165) is 23.7 Å². The Bertz CT molecular complexity index is 577. The summed E-state index contributed by atoms with van der Waals surface area (Å²) in [6.07, 6.45) is 3.70. The number of aromatic nitrogens is 1. The highest BCUT2D eigenvalue weighted by atomic mass is 16.1. The largest absolute Gasteiger partial charge is 0.352 e. The lowest BCUT2D eigenvalue weighted by Crippen LogP contribution is -2.30. The Morgan fingerprint density at radius 1 is 1.35 bits per heavy atom. The van der Waals surface area contributed by atoms with Crippen molar-refractivity contribution < 1.29 is 4.79 Å². The molecule has 3 N–H and O–H groups in total. The Hall–Kier alpha value is -1.94. The molecular formula is C16H21N3O. The number of benzene rings is 1. The van der Waals surface area contributed by atoms with Gasteiger partial charge in [0.05, 0.1) is 5.52 Å². The number of hydrogen-bond donors (Lipinski definition) is 2. The number of nitrogens with one attached hydrogen (secondary N) is 1. The van der Waals surface area contributed by atoms with E-state index in [-0.39, 0.29) is 5.91 Å². The van der Waals surface area contributed by atoms with Crippen LogP contribution < -0.4 is 11.1 Å². The second-order valence-electron chi connectivity index (χ2n) is 4.94. The number of fused-ring (bicyclic) bond motifs is 1. The second-order valence-corrected chi connectivity index (χ2v) is 4.94.